The highest BCUT2D eigenvalue weighted by Gasteiger charge is 2.17. The molecular weight excluding hydrogens is 251 g/mol. The minimum Gasteiger partial charge on any atom is -0.204 e. The van der Waals surface area contributed by atoms with Gasteiger partial charge in [0.1, 0.15) is 5.15 Å². The van der Waals surface area contributed by atoms with E-state index in [0.29, 0.717) is 0 Å². The van der Waals surface area contributed by atoms with Gasteiger partial charge in [0.25, 0.3) is 20.0 Å². The highest BCUT2D eigenvalue weighted by atomic mass is 35.7. The van der Waals surface area contributed by atoms with Gasteiger partial charge in [-0.15, -0.1) is 5.10 Å². The molecule has 0 amide bonds. The summed E-state index contributed by atoms with van der Waals surface area (Å²) in [5.74, 6) is 0.0803. The number of hydrogen-bond acceptors (Lipinski definition) is 5. The van der Waals surface area contributed by atoms with Gasteiger partial charge in [0.2, 0.25) is 0 Å². The van der Waals surface area contributed by atoms with E-state index in [1.807, 2.05) is 0 Å². The number of nitrogens with zero attached hydrogens (tertiary/aromatic N) is 4. The largest absolute Gasteiger partial charge is 0.298 e. The third-order valence-corrected chi connectivity index (χ3v) is 2.61. The van der Waals surface area contributed by atoms with Gasteiger partial charge < -0.3 is 0 Å². The van der Waals surface area contributed by atoms with Crippen molar-refractivity contribution in [3.8, 4) is 0 Å². The molecule has 14 heavy (non-hydrogen) atoms. The first-order chi connectivity index (χ1) is 6.47. The van der Waals surface area contributed by atoms with Crippen LogP contribution in [0.3, 0.4) is 0 Å². The van der Waals surface area contributed by atoms with Crippen molar-refractivity contribution in [3.05, 3.63) is 17.4 Å². The molecule has 0 fully saturated rings. The molecule has 0 unspecified atom stereocenters. The lowest BCUT2D eigenvalue weighted by molar-refractivity contribution is 0.601. The molecular formula is C5H2Cl2N4O2S. The molecule has 2 aromatic rings. The van der Waals surface area contributed by atoms with Crippen LogP contribution >= 0.6 is 22.3 Å². The quantitative estimate of drug-likeness (QED) is 0.552. The first-order valence-corrected chi connectivity index (χ1v) is 5.99. The average Bonchev–Trinajstić information content (AvgIpc) is 2.45. The Morgan fingerprint density at radius 2 is 2.07 bits per heavy atom. The molecule has 0 bridgehead atoms. The topological polar surface area (TPSA) is 77.2 Å². The smallest absolute Gasteiger partial charge is 0.204 e. The van der Waals surface area contributed by atoms with Crippen molar-refractivity contribution in [2.45, 2.75) is 5.16 Å². The van der Waals surface area contributed by atoms with Crippen LogP contribution in [0.1, 0.15) is 0 Å². The van der Waals surface area contributed by atoms with E-state index >= 15 is 0 Å². The first kappa shape index (κ1) is 9.63. The molecule has 0 radical (unpaired) electrons. The Balaban J connectivity index is 2.75. The lowest BCUT2D eigenvalue weighted by Gasteiger charge is -1.88. The first-order valence-electron chi connectivity index (χ1n) is 3.30. The molecule has 0 spiro atoms. The van der Waals surface area contributed by atoms with E-state index in [-0.39, 0.29) is 10.9 Å². The summed E-state index contributed by atoms with van der Waals surface area (Å²) in [6, 6.07) is 1.45. The van der Waals surface area contributed by atoms with Gasteiger partial charge >= 0.3 is 0 Å². The second-order valence-corrected chi connectivity index (χ2v) is 5.17. The van der Waals surface area contributed by atoms with Crippen LogP contribution in [0.15, 0.2) is 17.4 Å². The Bertz CT molecular complexity index is 593. The van der Waals surface area contributed by atoms with Crippen molar-refractivity contribution in [2.75, 3.05) is 0 Å². The Morgan fingerprint density at radius 3 is 2.71 bits per heavy atom. The molecule has 0 aliphatic rings. The van der Waals surface area contributed by atoms with Gasteiger partial charge in [-0.25, -0.2) is 12.9 Å². The number of aromatic nitrogens is 4. The molecule has 0 saturated carbocycles. The fourth-order valence-electron chi connectivity index (χ4n) is 0.840. The van der Waals surface area contributed by atoms with Crippen LogP contribution in [0.5, 0.6) is 0 Å². The summed E-state index contributed by atoms with van der Waals surface area (Å²) in [5, 5.41) is 3.30. The SMILES string of the molecule is O=S(=O)(Cl)c1nc2nc(Cl)ccn2n1. The summed E-state index contributed by atoms with van der Waals surface area (Å²) >= 11 is 5.57. The lowest BCUT2D eigenvalue weighted by Crippen LogP contribution is -1.93. The standard InChI is InChI=1S/C5H2Cl2N4O2S/c6-3-1-2-11-4(8-3)9-5(10-11)14(7,12)13/h1-2H. The second-order valence-electron chi connectivity index (χ2n) is 2.33. The molecule has 74 valence electrons. The molecule has 6 nitrogen and oxygen atoms in total. The zero-order valence-corrected chi connectivity index (χ0v) is 8.75. The Kier molecular flexibility index (Phi) is 2.09. The van der Waals surface area contributed by atoms with E-state index in [2.05, 4.69) is 15.1 Å². The van der Waals surface area contributed by atoms with E-state index in [4.69, 9.17) is 22.3 Å². The van der Waals surface area contributed by atoms with Gasteiger partial charge in [0.05, 0.1) is 0 Å². The summed E-state index contributed by atoms with van der Waals surface area (Å²) in [6.07, 6.45) is 1.43. The van der Waals surface area contributed by atoms with Crippen molar-refractivity contribution in [1.29, 1.82) is 0 Å². The maximum atomic E-state index is 10.9. The molecule has 0 aromatic carbocycles. The van der Waals surface area contributed by atoms with E-state index in [9.17, 15) is 8.42 Å². The van der Waals surface area contributed by atoms with Crippen molar-refractivity contribution >= 4 is 37.1 Å². The third kappa shape index (κ3) is 1.66. The summed E-state index contributed by atoms with van der Waals surface area (Å²) in [6.45, 7) is 0. The summed E-state index contributed by atoms with van der Waals surface area (Å²) < 4.78 is 22.9. The molecule has 0 saturated heterocycles. The van der Waals surface area contributed by atoms with Gasteiger partial charge in [-0.1, -0.05) is 11.6 Å². The minimum absolute atomic E-state index is 0.0803. The predicted molar refractivity (Wildman–Crippen MR) is 48.8 cm³/mol. The van der Waals surface area contributed by atoms with E-state index in [1.54, 1.807) is 0 Å². The van der Waals surface area contributed by atoms with E-state index in [0.717, 1.165) is 0 Å². The number of halogens is 2. The molecule has 0 aliphatic heterocycles. The zero-order valence-electron chi connectivity index (χ0n) is 6.42. The van der Waals surface area contributed by atoms with E-state index < -0.39 is 14.2 Å². The molecule has 2 rings (SSSR count). The zero-order chi connectivity index (χ0) is 10.3. The normalized spacial score (nSPS) is 12.1. The second kappa shape index (κ2) is 3.04. The Labute approximate surface area is 87.9 Å². The fourth-order valence-corrected chi connectivity index (χ4v) is 1.54. The molecule has 2 aromatic heterocycles. The van der Waals surface area contributed by atoms with Crippen LogP contribution in [-0.2, 0) is 9.05 Å². The number of fused-ring (bicyclic) bond motifs is 1. The van der Waals surface area contributed by atoms with Crippen molar-refractivity contribution in [1.82, 2.24) is 19.6 Å². The van der Waals surface area contributed by atoms with Crippen LogP contribution in [0, 0.1) is 0 Å². The van der Waals surface area contributed by atoms with Crippen LogP contribution < -0.4 is 0 Å². The molecule has 2 heterocycles. The number of rotatable bonds is 1. The molecule has 0 aliphatic carbocycles. The molecule has 0 N–H and O–H groups in total. The van der Waals surface area contributed by atoms with Gasteiger partial charge in [0, 0.05) is 16.9 Å². The van der Waals surface area contributed by atoms with Crippen LogP contribution in [0.25, 0.3) is 5.78 Å². The monoisotopic (exact) mass is 252 g/mol. The van der Waals surface area contributed by atoms with Crippen LogP contribution in [-0.4, -0.2) is 28.0 Å². The molecule has 9 heteroatoms. The summed E-state index contributed by atoms with van der Waals surface area (Å²) in [7, 11) is 1.11. The lowest BCUT2D eigenvalue weighted by atomic mass is 10.7. The third-order valence-electron chi connectivity index (χ3n) is 1.37. The highest BCUT2D eigenvalue weighted by molar-refractivity contribution is 8.13. The molecule has 0 atom stereocenters. The number of hydrogen-bond donors (Lipinski definition) is 0. The average molecular weight is 253 g/mol. The van der Waals surface area contributed by atoms with Gasteiger partial charge in [-0.3, -0.25) is 0 Å². The van der Waals surface area contributed by atoms with Gasteiger partial charge in [-0.05, 0) is 6.07 Å². The van der Waals surface area contributed by atoms with Gasteiger partial charge in [-0.2, -0.15) is 9.97 Å². The predicted octanol–water partition coefficient (Wildman–Crippen LogP) is 0.705. The van der Waals surface area contributed by atoms with Crippen molar-refractivity contribution in [2.24, 2.45) is 0 Å². The maximum absolute atomic E-state index is 10.9. The van der Waals surface area contributed by atoms with Crippen molar-refractivity contribution < 1.29 is 8.42 Å². The van der Waals surface area contributed by atoms with Gasteiger partial charge in [0.15, 0.2) is 0 Å². The van der Waals surface area contributed by atoms with Crippen LogP contribution in [0.4, 0.5) is 0 Å². The fraction of sp³-hybridized carbons (Fsp3) is 0. The van der Waals surface area contributed by atoms with E-state index in [1.165, 1.54) is 16.8 Å². The minimum atomic E-state index is -3.93. The Hall–Kier alpha value is -0.920. The van der Waals surface area contributed by atoms with Crippen LogP contribution in [0.2, 0.25) is 5.15 Å². The maximum Gasteiger partial charge on any atom is 0.298 e. The van der Waals surface area contributed by atoms with Crippen molar-refractivity contribution in [3.63, 3.8) is 0 Å². The summed E-state index contributed by atoms with van der Waals surface area (Å²) in [4.78, 5) is 7.32. The Morgan fingerprint density at radius 1 is 1.36 bits per heavy atom. The summed E-state index contributed by atoms with van der Waals surface area (Å²) in [5.41, 5.74) is 0. The highest BCUT2D eigenvalue weighted by Crippen LogP contribution is 2.11.